The zero-order valence-corrected chi connectivity index (χ0v) is 38.3. The van der Waals surface area contributed by atoms with Gasteiger partial charge in [-0.2, -0.15) is 0 Å². The van der Waals surface area contributed by atoms with Crippen LogP contribution < -0.4 is 0 Å². The van der Waals surface area contributed by atoms with Crippen LogP contribution in [0.4, 0.5) is 0 Å². The van der Waals surface area contributed by atoms with E-state index in [-0.39, 0.29) is 12.8 Å². The number of carbonyl (C=O) groups excluding carboxylic acids is 2. The van der Waals surface area contributed by atoms with Crippen molar-refractivity contribution in [3.8, 4) is 0 Å². The summed E-state index contributed by atoms with van der Waals surface area (Å²) in [6.07, 6.45) is 30.2. The Morgan fingerprint density at radius 3 is 1.43 bits per heavy atom. The molecule has 13 nitrogen and oxygen atoms in total. The second-order valence-corrected chi connectivity index (χ2v) is 17.6. The Bertz CT molecular complexity index is 1250. The standard InChI is InChI=1S/C47H83O13P/c1-3-5-7-9-11-13-15-17-19-20-22-23-25-27-29-31-33-35-40(48)57-37-39(38-58-61(55,56)60-47-45(53)43(51)42(50)44(52)46(47)54)59-41(49)36-34-32-30-28-26-24-21-18-16-14-12-10-8-6-4-2/h5,7,11,13,17,19,22-23,39,42-47,50-54H,3-4,6,8-10,12,14-16,18,20-21,24-38H2,1-2H3,(H,55,56)/b7-5-,13-11-,19-17-,23-22-/t39-,42?,43-,44?,45?,46?,47?/m1/s1. The van der Waals surface area contributed by atoms with Crippen LogP contribution in [0.25, 0.3) is 0 Å². The minimum atomic E-state index is -5.12. The van der Waals surface area contributed by atoms with Crippen LogP contribution in [-0.2, 0) is 32.7 Å². The van der Waals surface area contributed by atoms with Crippen LogP contribution in [0.15, 0.2) is 48.6 Å². The van der Waals surface area contributed by atoms with E-state index in [1.54, 1.807) is 0 Å². The van der Waals surface area contributed by atoms with Gasteiger partial charge in [0.15, 0.2) is 6.10 Å². The summed E-state index contributed by atoms with van der Waals surface area (Å²) in [6, 6.07) is 0. The number of unbranched alkanes of at least 4 members (excludes halogenated alkanes) is 18. The Balaban J connectivity index is 2.47. The van der Waals surface area contributed by atoms with Crippen molar-refractivity contribution < 1.29 is 63.1 Å². The summed E-state index contributed by atoms with van der Waals surface area (Å²) in [5.74, 6) is -1.12. The molecule has 0 radical (unpaired) electrons. The Hall–Kier alpha value is -2.19. The van der Waals surface area contributed by atoms with Crippen LogP contribution in [0.5, 0.6) is 0 Å². The third-order valence-corrected chi connectivity index (χ3v) is 11.7. The molecule has 6 N–H and O–H groups in total. The average molecular weight is 887 g/mol. The first-order valence-electron chi connectivity index (χ1n) is 23.4. The number of phosphoric acid groups is 1. The van der Waals surface area contributed by atoms with Crippen LogP contribution >= 0.6 is 7.82 Å². The van der Waals surface area contributed by atoms with E-state index in [2.05, 4.69) is 62.5 Å². The fourth-order valence-electron chi connectivity index (χ4n) is 6.93. The van der Waals surface area contributed by atoms with Gasteiger partial charge in [-0.05, 0) is 51.4 Å². The molecule has 61 heavy (non-hydrogen) atoms. The van der Waals surface area contributed by atoms with E-state index in [4.69, 9.17) is 18.5 Å². The molecule has 14 heteroatoms. The van der Waals surface area contributed by atoms with E-state index in [0.29, 0.717) is 12.8 Å². The number of aliphatic hydroxyl groups excluding tert-OH is 5. The van der Waals surface area contributed by atoms with Crippen molar-refractivity contribution in [3.63, 3.8) is 0 Å². The molecule has 0 aromatic heterocycles. The second kappa shape index (κ2) is 37.2. The van der Waals surface area contributed by atoms with Gasteiger partial charge in [0.25, 0.3) is 0 Å². The smallest absolute Gasteiger partial charge is 0.462 e. The van der Waals surface area contributed by atoms with Crippen molar-refractivity contribution >= 4 is 19.8 Å². The molecule has 0 saturated heterocycles. The third-order valence-electron chi connectivity index (χ3n) is 10.7. The predicted molar refractivity (Wildman–Crippen MR) is 239 cm³/mol. The van der Waals surface area contributed by atoms with Crippen molar-refractivity contribution in [1.29, 1.82) is 0 Å². The highest BCUT2D eigenvalue weighted by molar-refractivity contribution is 7.47. The molecule has 1 aliphatic carbocycles. The Morgan fingerprint density at radius 2 is 0.934 bits per heavy atom. The molecule has 1 rings (SSSR count). The topological polar surface area (TPSA) is 210 Å². The van der Waals surface area contributed by atoms with Crippen LogP contribution in [0, 0.1) is 0 Å². The number of phosphoric ester groups is 1. The van der Waals surface area contributed by atoms with E-state index in [1.807, 2.05) is 0 Å². The zero-order chi connectivity index (χ0) is 45.0. The summed E-state index contributed by atoms with van der Waals surface area (Å²) >= 11 is 0. The summed E-state index contributed by atoms with van der Waals surface area (Å²) in [4.78, 5) is 35.7. The molecular formula is C47H83O13P. The third kappa shape index (κ3) is 29.7. The minimum Gasteiger partial charge on any atom is -0.462 e. The minimum absolute atomic E-state index is 0.0927. The van der Waals surface area contributed by atoms with Gasteiger partial charge < -0.3 is 39.9 Å². The maximum atomic E-state index is 12.8. The largest absolute Gasteiger partial charge is 0.472 e. The maximum Gasteiger partial charge on any atom is 0.472 e. The zero-order valence-electron chi connectivity index (χ0n) is 37.4. The molecule has 1 fully saturated rings. The number of esters is 2. The van der Waals surface area contributed by atoms with Crippen LogP contribution in [0.3, 0.4) is 0 Å². The highest BCUT2D eigenvalue weighted by Gasteiger charge is 2.51. The van der Waals surface area contributed by atoms with Gasteiger partial charge >= 0.3 is 19.8 Å². The summed E-state index contributed by atoms with van der Waals surface area (Å²) in [6.45, 7) is 3.17. The first kappa shape index (κ1) is 56.8. The van der Waals surface area contributed by atoms with Gasteiger partial charge in [-0.1, -0.05) is 165 Å². The van der Waals surface area contributed by atoms with Crippen LogP contribution in [0.1, 0.15) is 181 Å². The SMILES string of the molecule is CC/C=C\C/C=C\C/C=C\C/C=C\CCCCCCC(=O)OC[C@H](COP(=O)(O)OC1C(O)C(O)C(O)[C@@H](O)C1O)OC(=O)CCCCCCCCCCCCCCCCC. The normalized spacial score (nSPS) is 22.4. The Kier molecular flexibility index (Phi) is 34.7. The van der Waals surface area contributed by atoms with Crippen molar-refractivity contribution in [1.82, 2.24) is 0 Å². The summed E-state index contributed by atoms with van der Waals surface area (Å²) in [5.41, 5.74) is 0. The molecule has 0 amide bonds. The molecule has 0 aromatic carbocycles. The van der Waals surface area contributed by atoms with E-state index < -0.39 is 75.7 Å². The number of allylic oxidation sites excluding steroid dienone is 8. The average Bonchev–Trinajstić information content (AvgIpc) is 3.24. The van der Waals surface area contributed by atoms with Gasteiger partial charge in [-0.3, -0.25) is 18.6 Å². The summed E-state index contributed by atoms with van der Waals surface area (Å²) < 4.78 is 33.5. The molecule has 1 saturated carbocycles. The lowest BCUT2D eigenvalue weighted by molar-refractivity contribution is -0.220. The number of carbonyl (C=O) groups is 2. The van der Waals surface area contributed by atoms with Gasteiger partial charge in [0, 0.05) is 12.8 Å². The van der Waals surface area contributed by atoms with Crippen molar-refractivity contribution in [3.05, 3.63) is 48.6 Å². The van der Waals surface area contributed by atoms with Crippen molar-refractivity contribution in [2.75, 3.05) is 13.2 Å². The molecule has 0 bridgehead atoms. The molecule has 0 spiro atoms. The molecule has 0 heterocycles. The molecule has 0 aliphatic heterocycles. The highest BCUT2D eigenvalue weighted by Crippen LogP contribution is 2.47. The number of ether oxygens (including phenoxy) is 2. The molecule has 0 aromatic rings. The Morgan fingerprint density at radius 1 is 0.525 bits per heavy atom. The van der Waals surface area contributed by atoms with Gasteiger partial charge in [0.2, 0.25) is 0 Å². The summed E-state index contributed by atoms with van der Waals surface area (Å²) in [7, 11) is -5.12. The van der Waals surface area contributed by atoms with E-state index >= 15 is 0 Å². The molecule has 354 valence electrons. The molecule has 1 aliphatic rings. The van der Waals surface area contributed by atoms with E-state index in [1.165, 1.54) is 64.2 Å². The lowest BCUT2D eigenvalue weighted by Crippen LogP contribution is -2.64. The second-order valence-electron chi connectivity index (χ2n) is 16.2. The van der Waals surface area contributed by atoms with Crippen LogP contribution in [-0.4, -0.2) is 98.3 Å². The summed E-state index contributed by atoms with van der Waals surface area (Å²) in [5, 5.41) is 50.1. The number of hydrogen-bond donors (Lipinski definition) is 6. The predicted octanol–water partition coefficient (Wildman–Crippen LogP) is 9.17. The fraction of sp³-hybridized carbons (Fsp3) is 0.787. The number of aliphatic hydroxyl groups is 5. The number of rotatable bonds is 38. The quantitative estimate of drug-likeness (QED) is 0.0148. The number of hydrogen-bond acceptors (Lipinski definition) is 12. The van der Waals surface area contributed by atoms with Gasteiger partial charge in [0.1, 0.15) is 43.2 Å². The first-order chi connectivity index (χ1) is 29.4. The lowest BCUT2D eigenvalue weighted by Gasteiger charge is -2.41. The molecule has 6 unspecified atom stereocenters. The maximum absolute atomic E-state index is 12.8. The van der Waals surface area contributed by atoms with E-state index in [0.717, 1.165) is 77.0 Å². The van der Waals surface area contributed by atoms with E-state index in [9.17, 15) is 44.6 Å². The monoisotopic (exact) mass is 887 g/mol. The van der Waals surface area contributed by atoms with Gasteiger partial charge in [0.05, 0.1) is 6.61 Å². The van der Waals surface area contributed by atoms with Crippen molar-refractivity contribution in [2.24, 2.45) is 0 Å². The van der Waals surface area contributed by atoms with Crippen molar-refractivity contribution in [2.45, 2.75) is 224 Å². The highest BCUT2D eigenvalue weighted by atomic mass is 31.2. The fourth-order valence-corrected chi connectivity index (χ4v) is 7.90. The van der Waals surface area contributed by atoms with Gasteiger partial charge in [-0.15, -0.1) is 0 Å². The lowest BCUT2D eigenvalue weighted by atomic mass is 9.85. The molecule has 8 atom stereocenters. The first-order valence-corrected chi connectivity index (χ1v) is 24.9. The van der Waals surface area contributed by atoms with Crippen LogP contribution in [0.2, 0.25) is 0 Å². The van der Waals surface area contributed by atoms with Gasteiger partial charge in [-0.25, -0.2) is 4.57 Å². The molecular weight excluding hydrogens is 803 g/mol. The Labute approximate surface area is 367 Å².